The Bertz CT molecular complexity index is 347. The fourth-order valence-corrected chi connectivity index (χ4v) is 1.27. The Morgan fingerprint density at radius 3 is 2.35 bits per heavy atom. The van der Waals surface area contributed by atoms with Crippen LogP contribution in [-0.2, 0) is 4.74 Å². The smallest absolute Gasteiger partial charge is 0.432 e. The molecular weight excluding hydrogens is 218 g/mol. The first-order chi connectivity index (χ1) is 8.09. The number of rotatable bonds is 5. The summed E-state index contributed by atoms with van der Waals surface area (Å²) < 4.78 is 9.99. The number of benzene rings is 1. The first kappa shape index (κ1) is 13.5. The van der Waals surface area contributed by atoms with Gasteiger partial charge in [-0.15, -0.1) is 0 Å². The highest BCUT2D eigenvalue weighted by Crippen LogP contribution is 2.13. The molecule has 0 bridgehead atoms. The van der Waals surface area contributed by atoms with E-state index in [1.165, 1.54) is 0 Å². The Kier molecular flexibility index (Phi) is 4.97. The van der Waals surface area contributed by atoms with E-state index in [2.05, 4.69) is 0 Å². The van der Waals surface area contributed by atoms with E-state index in [9.17, 15) is 4.79 Å². The van der Waals surface area contributed by atoms with Gasteiger partial charge in [-0.25, -0.2) is 4.79 Å². The first-order valence-electron chi connectivity index (χ1n) is 5.78. The molecule has 17 heavy (non-hydrogen) atoms. The SMILES string of the molecule is CCC(N)(CC)COC(=O)Oc1ccccc1. The molecule has 0 heterocycles. The zero-order chi connectivity index (χ0) is 12.7. The highest BCUT2D eigenvalue weighted by molar-refractivity contribution is 5.63. The molecule has 0 atom stereocenters. The summed E-state index contributed by atoms with van der Waals surface area (Å²) in [4.78, 5) is 11.4. The predicted molar refractivity (Wildman–Crippen MR) is 65.9 cm³/mol. The maximum Gasteiger partial charge on any atom is 0.513 e. The van der Waals surface area contributed by atoms with Crippen LogP contribution in [0, 0.1) is 0 Å². The van der Waals surface area contributed by atoms with E-state index in [-0.39, 0.29) is 6.61 Å². The van der Waals surface area contributed by atoms with Gasteiger partial charge >= 0.3 is 6.16 Å². The van der Waals surface area contributed by atoms with Gasteiger partial charge in [0.2, 0.25) is 0 Å². The molecule has 0 aliphatic carbocycles. The summed E-state index contributed by atoms with van der Waals surface area (Å²) >= 11 is 0. The van der Waals surface area contributed by atoms with Crippen molar-refractivity contribution in [2.24, 2.45) is 5.73 Å². The van der Waals surface area contributed by atoms with Crippen LogP contribution in [0.1, 0.15) is 26.7 Å². The molecular formula is C13H19NO3. The lowest BCUT2D eigenvalue weighted by molar-refractivity contribution is 0.0742. The zero-order valence-electron chi connectivity index (χ0n) is 10.3. The molecule has 0 spiro atoms. The first-order valence-corrected chi connectivity index (χ1v) is 5.78. The van der Waals surface area contributed by atoms with Crippen LogP contribution in [0.25, 0.3) is 0 Å². The van der Waals surface area contributed by atoms with Crippen LogP contribution < -0.4 is 10.5 Å². The van der Waals surface area contributed by atoms with Gasteiger partial charge in [-0.3, -0.25) is 0 Å². The van der Waals surface area contributed by atoms with E-state index in [1.807, 2.05) is 19.9 Å². The minimum absolute atomic E-state index is 0.172. The van der Waals surface area contributed by atoms with Crippen LogP contribution >= 0.6 is 0 Å². The third kappa shape index (κ3) is 4.44. The number of carbonyl (C=O) groups is 1. The number of nitrogens with two attached hydrogens (primary N) is 1. The normalized spacial score (nSPS) is 11.0. The van der Waals surface area contributed by atoms with Crippen molar-refractivity contribution >= 4 is 6.16 Å². The molecule has 0 saturated carbocycles. The van der Waals surface area contributed by atoms with Crippen LogP contribution in [-0.4, -0.2) is 18.3 Å². The molecule has 0 radical (unpaired) electrons. The Labute approximate surface area is 102 Å². The number of hydrogen-bond donors (Lipinski definition) is 1. The van der Waals surface area contributed by atoms with E-state index in [4.69, 9.17) is 15.2 Å². The average Bonchev–Trinajstić information content (AvgIpc) is 2.37. The van der Waals surface area contributed by atoms with Gasteiger partial charge in [-0.05, 0) is 25.0 Å². The van der Waals surface area contributed by atoms with Crippen molar-refractivity contribution in [2.45, 2.75) is 32.2 Å². The van der Waals surface area contributed by atoms with E-state index in [1.54, 1.807) is 24.3 Å². The van der Waals surface area contributed by atoms with Crippen LogP contribution in [0.4, 0.5) is 4.79 Å². The molecule has 0 fully saturated rings. The van der Waals surface area contributed by atoms with Gasteiger partial charge in [-0.2, -0.15) is 0 Å². The van der Waals surface area contributed by atoms with Crippen molar-refractivity contribution in [3.8, 4) is 5.75 Å². The average molecular weight is 237 g/mol. The maximum atomic E-state index is 11.4. The van der Waals surface area contributed by atoms with Gasteiger partial charge in [0.25, 0.3) is 0 Å². The summed E-state index contributed by atoms with van der Waals surface area (Å²) in [5.41, 5.74) is 5.54. The third-order valence-electron chi connectivity index (χ3n) is 2.83. The second-order valence-electron chi connectivity index (χ2n) is 4.02. The molecule has 0 saturated heterocycles. The molecule has 0 aromatic heterocycles. The van der Waals surface area contributed by atoms with Gasteiger partial charge in [-0.1, -0.05) is 32.0 Å². The second-order valence-corrected chi connectivity index (χ2v) is 4.02. The molecule has 2 N–H and O–H groups in total. The molecule has 94 valence electrons. The highest BCUT2D eigenvalue weighted by Gasteiger charge is 2.23. The molecule has 1 rings (SSSR count). The fraction of sp³-hybridized carbons (Fsp3) is 0.462. The lowest BCUT2D eigenvalue weighted by Crippen LogP contribution is -2.44. The molecule has 4 nitrogen and oxygen atoms in total. The van der Waals surface area contributed by atoms with Crippen molar-refractivity contribution in [3.63, 3.8) is 0 Å². The number of para-hydroxylation sites is 1. The fourth-order valence-electron chi connectivity index (χ4n) is 1.27. The Morgan fingerprint density at radius 2 is 1.82 bits per heavy atom. The monoisotopic (exact) mass is 237 g/mol. The lowest BCUT2D eigenvalue weighted by Gasteiger charge is -2.25. The second kappa shape index (κ2) is 6.25. The summed E-state index contributed by atoms with van der Waals surface area (Å²) in [6, 6.07) is 8.80. The third-order valence-corrected chi connectivity index (χ3v) is 2.83. The summed E-state index contributed by atoms with van der Waals surface area (Å²) in [5, 5.41) is 0. The minimum atomic E-state index is -0.715. The van der Waals surface area contributed by atoms with Crippen molar-refractivity contribution in [1.82, 2.24) is 0 Å². The quantitative estimate of drug-likeness (QED) is 0.631. The Morgan fingerprint density at radius 1 is 1.24 bits per heavy atom. The number of ether oxygens (including phenoxy) is 2. The summed E-state index contributed by atoms with van der Waals surface area (Å²) in [7, 11) is 0. The van der Waals surface area contributed by atoms with Gasteiger partial charge in [0, 0.05) is 5.54 Å². The van der Waals surface area contributed by atoms with Crippen molar-refractivity contribution in [1.29, 1.82) is 0 Å². The molecule has 0 aliphatic heterocycles. The summed E-state index contributed by atoms with van der Waals surface area (Å²) in [5.74, 6) is 0.466. The summed E-state index contributed by atoms with van der Waals surface area (Å²) in [6.45, 7) is 4.11. The lowest BCUT2D eigenvalue weighted by atomic mass is 9.96. The Hall–Kier alpha value is -1.55. The van der Waals surface area contributed by atoms with Crippen molar-refractivity contribution in [2.75, 3.05) is 6.61 Å². The predicted octanol–water partition coefficient (Wildman–Crippen LogP) is 2.72. The van der Waals surface area contributed by atoms with Gasteiger partial charge in [0.15, 0.2) is 0 Å². The van der Waals surface area contributed by atoms with E-state index in [0.717, 1.165) is 12.8 Å². The van der Waals surface area contributed by atoms with Crippen LogP contribution in [0.5, 0.6) is 5.75 Å². The van der Waals surface area contributed by atoms with Gasteiger partial charge in [0.1, 0.15) is 12.4 Å². The standard InChI is InChI=1S/C13H19NO3/c1-3-13(14,4-2)10-16-12(15)17-11-8-6-5-7-9-11/h5-9H,3-4,10,14H2,1-2H3. The van der Waals surface area contributed by atoms with Crippen LogP contribution in [0.3, 0.4) is 0 Å². The molecule has 4 heteroatoms. The highest BCUT2D eigenvalue weighted by atomic mass is 16.7. The molecule has 1 aromatic carbocycles. The topological polar surface area (TPSA) is 61.5 Å². The van der Waals surface area contributed by atoms with Crippen LogP contribution in [0.2, 0.25) is 0 Å². The summed E-state index contributed by atoms with van der Waals surface area (Å²) in [6.07, 6.45) is 0.789. The van der Waals surface area contributed by atoms with Crippen LogP contribution in [0.15, 0.2) is 30.3 Å². The van der Waals surface area contributed by atoms with Crippen molar-refractivity contribution in [3.05, 3.63) is 30.3 Å². The Balaban J connectivity index is 2.41. The van der Waals surface area contributed by atoms with Gasteiger partial charge in [0.05, 0.1) is 0 Å². The number of hydrogen-bond acceptors (Lipinski definition) is 4. The van der Waals surface area contributed by atoms with Gasteiger partial charge < -0.3 is 15.2 Å². The zero-order valence-corrected chi connectivity index (χ0v) is 10.3. The molecule has 0 aliphatic rings. The van der Waals surface area contributed by atoms with E-state index < -0.39 is 11.7 Å². The molecule has 0 amide bonds. The number of carbonyl (C=O) groups excluding carboxylic acids is 1. The largest absolute Gasteiger partial charge is 0.513 e. The van der Waals surface area contributed by atoms with E-state index >= 15 is 0 Å². The molecule has 0 unspecified atom stereocenters. The minimum Gasteiger partial charge on any atom is -0.432 e. The van der Waals surface area contributed by atoms with Crippen molar-refractivity contribution < 1.29 is 14.3 Å². The maximum absolute atomic E-state index is 11.4. The molecule has 1 aromatic rings. The van der Waals surface area contributed by atoms with E-state index in [0.29, 0.717) is 5.75 Å².